The predicted molar refractivity (Wildman–Crippen MR) is 92.9 cm³/mol. The van der Waals surface area contributed by atoms with Crippen LogP contribution in [0.4, 0.5) is 0 Å². The summed E-state index contributed by atoms with van der Waals surface area (Å²) in [4.78, 5) is 4.32. The molecule has 0 aliphatic carbocycles. The van der Waals surface area contributed by atoms with Gasteiger partial charge in [0.1, 0.15) is 0 Å². The van der Waals surface area contributed by atoms with Crippen LogP contribution in [0.2, 0.25) is 0 Å². The molecule has 3 aromatic rings. The van der Waals surface area contributed by atoms with E-state index >= 15 is 0 Å². The normalized spacial score (nSPS) is 12.2. The molecule has 3 rings (SSSR count). The molecule has 0 spiro atoms. The summed E-state index contributed by atoms with van der Waals surface area (Å²) in [5, 5.41) is 0.138. The van der Waals surface area contributed by atoms with Gasteiger partial charge in [0.25, 0.3) is 0 Å². The number of aromatic nitrogens is 2. The van der Waals surface area contributed by atoms with E-state index in [0.29, 0.717) is 12.1 Å². The van der Waals surface area contributed by atoms with Crippen molar-refractivity contribution in [1.29, 1.82) is 0 Å². The van der Waals surface area contributed by atoms with Crippen molar-refractivity contribution in [2.45, 2.75) is 18.6 Å². The summed E-state index contributed by atoms with van der Waals surface area (Å²) in [6.45, 7) is 2.10. The summed E-state index contributed by atoms with van der Waals surface area (Å²) in [5.74, 6) is 0.0404. The zero-order chi connectivity index (χ0) is 16.3. The number of benzene rings is 2. The van der Waals surface area contributed by atoms with Gasteiger partial charge in [0.15, 0.2) is 0 Å². The summed E-state index contributed by atoms with van der Waals surface area (Å²) >= 11 is 0. The number of rotatable bonds is 5. The maximum Gasteiger partial charge on any atom is 0.228 e. The van der Waals surface area contributed by atoms with Crippen molar-refractivity contribution in [2.75, 3.05) is 5.75 Å². The Morgan fingerprint density at radius 1 is 1.04 bits per heavy atom. The first-order valence-electron chi connectivity index (χ1n) is 7.51. The average Bonchev–Trinajstić information content (AvgIpc) is 2.96. The van der Waals surface area contributed by atoms with Crippen LogP contribution in [0.5, 0.6) is 0 Å². The molecule has 1 heterocycles. The number of imidazole rings is 1. The number of hydrogen-bond donors (Lipinski definition) is 0. The molecule has 0 saturated carbocycles. The highest BCUT2D eigenvalue weighted by Crippen LogP contribution is 2.20. The Balaban J connectivity index is 2.02. The largest absolute Gasteiger partial charge is 0.311 e. The number of nitrogens with zero attached hydrogens (tertiary/aromatic N) is 2. The SMILES string of the molecule is CCS(=O)(=O)c1nc2ccccc2n1CC=Cc1ccccc1. The van der Waals surface area contributed by atoms with Gasteiger partial charge >= 0.3 is 0 Å². The third-order valence-corrected chi connectivity index (χ3v) is 5.30. The molecule has 0 aliphatic heterocycles. The topological polar surface area (TPSA) is 52.0 Å². The van der Waals surface area contributed by atoms with Crippen molar-refractivity contribution in [3.05, 3.63) is 66.2 Å². The molecule has 0 saturated heterocycles. The van der Waals surface area contributed by atoms with Gasteiger partial charge in [-0.15, -0.1) is 0 Å². The van der Waals surface area contributed by atoms with Crippen LogP contribution < -0.4 is 0 Å². The second-order valence-corrected chi connectivity index (χ2v) is 7.38. The summed E-state index contributed by atoms with van der Waals surface area (Å²) in [5.41, 5.74) is 2.61. The van der Waals surface area contributed by atoms with E-state index in [4.69, 9.17) is 0 Å². The van der Waals surface area contributed by atoms with Crippen LogP contribution in [-0.4, -0.2) is 23.7 Å². The van der Waals surface area contributed by atoms with Crippen molar-refractivity contribution in [1.82, 2.24) is 9.55 Å². The monoisotopic (exact) mass is 326 g/mol. The molecule has 0 N–H and O–H groups in total. The van der Waals surface area contributed by atoms with E-state index in [9.17, 15) is 8.42 Å². The van der Waals surface area contributed by atoms with Gasteiger partial charge in [-0.3, -0.25) is 0 Å². The van der Waals surface area contributed by atoms with Gasteiger partial charge in [-0.25, -0.2) is 13.4 Å². The molecular weight excluding hydrogens is 308 g/mol. The van der Waals surface area contributed by atoms with Crippen LogP contribution in [0.1, 0.15) is 12.5 Å². The first-order chi connectivity index (χ1) is 11.1. The lowest BCUT2D eigenvalue weighted by Crippen LogP contribution is -2.12. The van der Waals surface area contributed by atoms with E-state index in [1.165, 1.54) is 0 Å². The smallest absolute Gasteiger partial charge is 0.228 e. The van der Waals surface area contributed by atoms with Crippen LogP contribution in [0.15, 0.2) is 65.8 Å². The maximum atomic E-state index is 12.3. The molecule has 5 heteroatoms. The highest BCUT2D eigenvalue weighted by atomic mass is 32.2. The number of fused-ring (bicyclic) bond motifs is 1. The molecular formula is C18H18N2O2S. The number of sulfone groups is 1. The Bertz CT molecular complexity index is 942. The molecule has 2 aromatic carbocycles. The average molecular weight is 326 g/mol. The van der Waals surface area contributed by atoms with Gasteiger partial charge in [-0.2, -0.15) is 0 Å². The molecule has 1 aromatic heterocycles. The van der Waals surface area contributed by atoms with Crippen molar-refractivity contribution in [3.8, 4) is 0 Å². The summed E-state index contributed by atoms with van der Waals surface area (Å²) in [6.07, 6.45) is 3.94. The molecule has 0 bridgehead atoms. The first-order valence-corrected chi connectivity index (χ1v) is 9.16. The third kappa shape index (κ3) is 3.19. The molecule has 0 radical (unpaired) electrons. The lowest BCUT2D eigenvalue weighted by molar-refractivity contribution is 0.578. The van der Waals surface area contributed by atoms with E-state index in [1.54, 1.807) is 11.5 Å². The van der Waals surface area contributed by atoms with Crippen molar-refractivity contribution in [3.63, 3.8) is 0 Å². The Labute approximate surface area is 136 Å². The van der Waals surface area contributed by atoms with Crippen LogP contribution in [-0.2, 0) is 16.4 Å². The van der Waals surface area contributed by atoms with Crippen molar-refractivity contribution in [2.24, 2.45) is 0 Å². The lowest BCUT2D eigenvalue weighted by Gasteiger charge is -2.06. The molecule has 118 valence electrons. The van der Waals surface area contributed by atoms with Gasteiger partial charge < -0.3 is 4.57 Å². The van der Waals surface area contributed by atoms with Gasteiger partial charge in [-0.1, -0.05) is 61.5 Å². The lowest BCUT2D eigenvalue weighted by atomic mass is 10.2. The van der Waals surface area contributed by atoms with Gasteiger partial charge in [0.05, 0.1) is 16.8 Å². The Morgan fingerprint density at radius 2 is 1.74 bits per heavy atom. The summed E-state index contributed by atoms with van der Waals surface area (Å²) < 4.78 is 26.4. The first kappa shape index (κ1) is 15.5. The highest BCUT2D eigenvalue weighted by molar-refractivity contribution is 7.91. The van der Waals surface area contributed by atoms with E-state index in [-0.39, 0.29) is 10.9 Å². The van der Waals surface area contributed by atoms with E-state index in [0.717, 1.165) is 11.1 Å². The molecule has 0 unspecified atom stereocenters. The zero-order valence-corrected chi connectivity index (χ0v) is 13.7. The molecule has 0 atom stereocenters. The number of allylic oxidation sites excluding steroid dienone is 1. The van der Waals surface area contributed by atoms with Crippen molar-refractivity contribution < 1.29 is 8.42 Å². The molecule has 0 amide bonds. The van der Waals surface area contributed by atoms with E-state index < -0.39 is 9.84 Å². The van der Waals surface area contributed by atoms with E-state index in [1.807, 2.05) is 66.7 Å². The van der Waals surface area contributed by atoms with Crippen LogP contribution >= 0.6 is 0 Å². The minimum absolute atomic E-state index is 0.0404. The predicted octanol–water partition coefficient (Wildman–Crippen LogP) is 3.54. The molecule has 0 aliphatic rings. The van der Waals surface area contributed by atoms with Gasteiger partial charge in [-0.05, 0) is 17.7 Å². The second kappa shape index (κ2) is 6.38. The fourth-order valence-corrected chi connectivity index (χ4v) is 3.46. The Morgan fingerprint density at radius 3 is 2.48 bits per heavy atom. The maximum absolute atomic E-state index is 12.3. The second-order valence-electron chi connectivity index (χ2n) is 5.21. The Kier molecular flexibility index (Phi) is 4.30. The van der Waals surface area contributed by atoms with Crippen LogP contribution in [0.25, 0.3) is 17.1 Å². The van der Waals surface area contributed by atoms with Gasteiger partial charge in [0, 0.05) is 6.54 Å². The highest BCUT2D eigenvalue weighted by Gasteiger charge is 2.21. The number of para-hydroxylation sites is 2. The van der Waals surface area contributed by atoms with Crippen LogP contribution in [0, 0.1) is 0 Å². The summed E-state index contributed by atoms with van der Waals surface area (Å²) in [7, 11) is -3.37. The molecule has 0 fully saturated rings. The molecule has 4 nitrogen and oxygen atoms in total. The minimum atomic E-state index is -3.37. The standard InChI is InChI=1S/C18H18N2O2S/c1-2-23(21,22)18-19-16-12-6-7-13-17(16)20(18)14-8-11-15-9-4-3-5-10-15/h3-13H,2,14H2,1H3. The van der Waals surface area contributed by atoms with Crippen molar-refractivity contribution >= 4 is 26.9 Å². The quantitative estimate of drug-likeness (QED) is 0.720. The van der Waals surface area contributed by atoms with Crippen LogP contribution in [0.3, 0.4) is 0 Å². The van der Waals surface area contributed by atoms with E-state index in [2.05, 4.69) is 4.98 Å². The Hall–Kier alpha value is -2.40. The number of hydrogen-bond acceptors (Lipinski definition) is 3. The fourth-order valence-electron chi connectivity index (χ4n) is 2.45. The third-order valence-electron chi connectivity index (χ3n) is 3.68. The van der Waals surface area contributed by atoms with Gasteiger partial charge in [0.2, 0.25) is 15.0 Å². The minimum Gasteiger partial charge on any atom is -0.311 e. The zero-order valence-electron chi connectivity index (χ0n) is 12.9. The molecule has 23 heavy (non-hydrogen) atoms. The summed E-state index contributed by atoms with van der Waals surface area (Å²) in [6, 6.07) is 17.4. The fraction of sp³-hybridized carbons (Fsp3) is 0.167.